The van der Waals surface area contributed by atoms with Gasteiger partial charge in [-0.2, -0.15) is 0 Å². The molecule has 2 N–H and O–H groups in total. The van der Waals surface area contributed by atoms with Crippen LogP contribution in [0.5, 0.6) is 0 Å². The van der Waals surface area contributed by atoms with E-state index in [-0.39, 0.29) is 37.8 Å². The Balaban J connectivity index is 1.10. The summed E-state index contributed by atoms with van der Waals surface area (Å²) in [5.74, 6) is -4.85. The van der Waals surface area contributed by atoms with Crippen LogP contribution in [0.15, 0.2) is 65.9 Å². The number of nitrogens with zero attached hydrogens (tertiary/aromatic N) is 2. The molecular formula is C28H26F4N4. The molecule has 0 bridgehead atoms. The molecule has 3 heterocycles. The number of aliphatic imine (C=N–C) groups is 1. The maximum Gasteiger partial charge on any atom is 0.262 e. The molecule has 1 aromatic heterocycles. The number of hydrogen-bond acceptors (Lipinski definition) is 3. The number of benzene rings is 2. The van der Waals surface area contributed by atoms with E-state index >= 15 is 0 Å². The molecule has 1 saturated carbocycles. The highest BCUT2D eigenvalue weighted by atomic mass is 19.3. The van der Waals surface area contributed by atoms with Gasteiger partial charge in [0.15, 0.2) is 0 Å². The molecule has 186 valence electrons. The van der Waals surface area contributed by atoms with Crippen LogP contribution >= 0.6 is 0 Å². The van der Waals surface area contributed by atoms with Gasteiger partial charge in [-0.15, -0.1) is 0 Å². The molecule has 2 aromatic carbocycles. The van der Waals surface area contributed by atoms with Crippen molar-refractivity contribution in [3.8, 4) is 22.4 Å². The first-order valence-corrected chi connectivity index (χ1v) is 12.3. The van der Waals surface area contributed by atoms with Crippen LogP contribution in [0.2, 0.25) is 0 Å². The zero-order valence-electron chi connectivity index (χ0n) is 19.6. The van der Waals surface area contributed by atoms with Gasteiger partial charge < -0.3 is 10.3 Å². The monoisotopic (exact) mass is 494 g/mol. The van der Waals surface area contributed by atoms with E-state index in [1.54, 1.807) is 12.4 Å². The average Bonchev–Trinajstić information content (AvgIpc) is 3.65. The SMILES string of the molecule is FC1(F)CC[C@H](c2ncc(-c3ccc(-c4ccc(C5=CN=C([C@@H]6CC(F)(F)CN6)C5)cc4)cc3)[nH]2)C1. The summed E-state index contributed by atoms with van der Waals surface area (Å²) in [6.45, 7) is -0.291. The Hall–Kier alpha value is -3.26. The van der Waals surface area contributed by atoms with E-state index in [1.165, 1.54) is 0 Å². The van der Waals surface area contributed by atoms with Gasteiger partial charge in [0.1, 0.15) is 5.82 Å². The van der Waals surface area contributed by atoms with E-state index in [1.807, 2.05) is 48.5 Å². The molecule has 0 spiro atoms. The van der Waals surface area contributed by atoms with Gasteiger partial charge in [0, 0.05) is 43.5 Å². The average molecular weight is 495 g/mol. The predicted molar refractivity (Wildman–Crippen MR) is 132 cm³/mol. The number of alkyl halides is 4. The summed E-state index contributed by atoms with van der Waals surface area (Å²) in [7, 11) is 0. The lowest BCUT2D eigenvalue weighted by Crippen LogP contribution is -2.29. The van der Waals surface area contributed by atoms with Gasteiger partial charge in [-0.25, -0.2) is 22.5 Å². The minimum Gasteiger partial charge on any atom is -0.342 e. The van der Waals surface area contributed by atoms with E-state index < -0.39 is 11.8 Å². The van der Waals surface area contributed by atoms with Crippen LogP contribution in [0.3, 0.4) is 0 Å². The standard InChI is InChI=1S/C28H26F4N4/c29-27(30)10-9-21(12-27)26-34-15-25(36-26)20-7-5-18(6-8-20)17-1-3-19(4-2-17)22-11-23(33-14-22)24-13-28(31,32)16-35-24/h1-8,14-15,21,24,35H,9-13,16H2,(H,34,36)/t21-,24-/m0/s1. The largest absolute Gasteiger partial charge is 0.342 e. The second kappa shape index (κ2) is 8.69. The molecule has 8 heteroatoms. The molecule has 2 fully saturated rings. The van der Waals surface area contributed by atoms with Crippen LogP contribution < -0.4 is 5.32 Å². The third-order valence-corrected chi connectivity index (χ3v) is 7.44. The van der Waals surface area contributed by atoms with Crippen LogP contribution in [-0.2, 0) is 0 Å². The van der Waals surface area contributed by atoms with Crippen molar-refractivity contribution in [3.05, 3.63) is 72.3 Å². The second-order valence-corrected chi connectivity index (χ2v) is 10.1. The Kier molecular flexibility index (Phi) is 5.59. The predicted octanol–water partition coefficient (Wildman–Crippen LogP) is 6.83. The fraction of sp³-hybridized carbons (Fsp3) is 0.357. The summed E-state index contributed by atoms with van der Waals surface area (Å²) in [5.41, 5.74) is 6.70. The fourth-order valence-electron chi connectivity index (χ4n) is 5.38. The maximum atomic E-state index is 13.6. The van der Waals surface area contributed by atoms with Gasteiger partial charge in [-0.05, 0) is 34.2 Å². The van der Waals surface area contributed by atoms with Crippen molar-refractivity contribution >= 4 is 11.3 Å². The first-order valence-electron chi connectivity index (χ1n) is 12.3. The summed E-state index contributed by atoms with van der Waals surface area (Å²) in [5, 5.41) is 2.88. The second-order valence-electron chi connectivity index (χ2n) is 10.1. The highest BCUT2D eigenvalue weighted by molar-refractivity contribution is 6.01. The Morgan fingerprint density at radius 3 is 2.08 bits per heavy atom. The number of imidazole rings is 1. The molecule has 1 aliphatic carbocycles. The molecule has 3 aromatic rings. The highest BCUT2D eigenvalue weighted by Gasteiger charge is 2.42. The van der Waals surface area contributed by atoms with Crippen molar-refractivity contribution in [1.29, 1.82) is 0 Å². The molecule has 2 aliphatic heterocycles. The minimum atomic E-state index is -2.67. The molecule has 0 amide bonds. The molecule has 6 rings (SSSR count). The number of allylic oxidation sites excluding steroid dienone is 1. The lowest BCUT2D eigenvalue weighted by atomic mass is 9.96. The van der Waals surface area contributed by atoms with Crippen LogP contribution in [0.25, 0.3) is 28.0 Å². The van der Waals surface area contributed by atoms with Crippen molar-refractivity contribution in [2.45, 2.75) is 55.9 Å². The van der Waals surface area contributed by atoms with Crippen molar-refractivity contribution < 1.29 is 17.6 Å². The van der Waals surface area contributed by atoms with Crippen molar-refractivity contribution in [3.63, 3.8) is 0 Å². The minimum absolute atomic E-state index is 0.0801. The van der Waals surface area contributed by atoms with E-state index in [0.29, 0.717) is 18.7 Å². The summed E-state index contributed by atoms with van der Waals surface area (Å²) in [4.78, 5) is 12.0. The number of aromatic amines is 1. The number of rotatable bonds is 5. The van der Waals surface area contributed by atoms with Gasteiger partial charge in [-0.1, -0.05) is 48.5 Å². The Morgan fingerprint density at radius 1 is 0.806 bits per heavy atom. The number of halogens is 4. The molecule has 2 atom stereocenters. The fourth-order valence-corrected chi connectivity index (χ4v) is 5.38. The highest BCUT2D eigenvalue weighted by Crippen LogP contribution is 2.43. The number of H-pyrrole nitrogens is 1. The zero-order chi connectivity index (χ0) is 24.9. The molecular weight excluding hydrogens is 468 g/mol. The van der Waals surface area contributed by atoms with Crippen molar-refractivity contribution in [2.24, 2.45) is 4.99 Å². The quantitative estimate of drug-likeness (QED) is 0.382. The summed E-state index contributed by atoms with van der Waals surface area (Å²) >= 11 is 0. The van der Waals surface area contributed by atoms with E-state index in [2.05, 4.69) is 20.3 Å². The number of hydrogen-bond donors (Lipinski definition) is 2. The van der Waals surface area contributed by atoms with E-state index in [0.717, 1.165) is 39.2 Å². The van der Waals surface area contributed by atoms with Crippen LogP contribution in [-0.4, -0.2) is 40.1 Å². The lowest BCUT2D eigenvalue weighted by molar-refractivity contribution is 0.00753. The zero-order valence-corrected chi connectivity index (χ0v) is 19.6. The lowest BCUT2D eigenvalue weighted by Gasteiger charge is -2.11. The first kappa shape index (κ1) is 23.2. The van der Waals surface area contributed by atoms with E-state index in [4.69, 9.17) is 0 Å². The number of nitrogens with one attached hydrogen (secondary N) is 2. The molecule has 3 aliphatic rings. The summed E-state index contributed by atoms with van der Waals surface area (Å²) in [6.07, 6.45) is 4.10. The topological polar surface area (TPSA) is 53.1 Å². The van der Waals surface area contributed by atoms with Crippen molar-refractivity contribution in [2.75, 3.05) is 6.54 Å². The molecule has 1 saturated heterocycles. The Morgan fingerprint density at radius 2 is 1.47 bits per heavy atom. The van der Waals surface area contributed by atoms with Crippen LogP contribution in [0.1, 0.15) is 49.4 Å². The molecule has 0 unspecified atom stereocenters. The summed E-state index contributed by atoms with van der Waals surface area (Å²) < 4.78 is 54.2. The molecule has 0 radical (unpaired) electrons. The van der Waals surface area contributed by atoms with Crippen molar-refractivity contribution in [1.82, 2.24) is 15.3 Å². The third-order valence-electron chi connectivity index (χ3n) is 7.44. The molecule has 4 nitrogen and oxygen atoms in total. The Labute approximate surface area is 206 Å². The van der Waals surface area contributed by atoms with Crippen LogP contribution in [0, 0.1) is 0 Å². The molecule has 36 heavy (non-hydrogen) atoms. The van der Waals surface area contributed by atoms with Gasteiger partial charge in [0.05, 0.1) is 24.5 Å². The van der Waals surface area contributed by atoms with E-state index in [9.17, 15) is 17.6 Å². The van der Waals surface area contributed by atoms with Gasteiger partial charge >= 0.3 is 0 Å². The maximum absolute atomic E-state index is 13.6. The van der Waals surface area contributed by atoms with Gasteiger partial charge in [-0.3, -0.25) is 4.99 Å². The smallest absolute Gasteiger partial charge is 0.262 e. The van der Waals surface area contributed by atoms with Crippen LogP contribution in [0.4, 0.5) is 17.6 Å². The van der Waals surface area contributed by atoms with Gasteiger partial charge in [0.25, 0.3) is 5.92 Å². The summed E-state index contributed by atoms with van der Waals surface area (Å²) in [6, 6.07) is 15.8. The normalized spacial score (nSPS) is 24.7. The number of aromatic nitrogens is 2. The first-order chi connectivity index (χ1) is 17.2. The van der Waals surface area contributed by atoms with Gasteiger partial charge in [0.2, 0.25) is 5.92 Å². The Bertz CT molecular complexity index is 1320. The third kappa shape index (κ3) is 4.62.